The highest BCUT2D eigenvalue weighted by atomic mass is 32.2. The van der Waals surface area contributed by atoms with E-state index < -0.39 is 0 Å². The van der Waals surface area contributed by atoms with Crippen LogP contribution in [0.25, 0.3) is 0 Å². The molecule has 1 aliphatic carbocycles. The number of nitrogens with zero attached hydrogens (tertiary/aromatic N) is 4. The fraction of sp³-hybridized carbons (Fsp3) is 0.462. The minimum atomic E-state index is 0.490. The molecule has 1 saturated carbocycles. The van der Waals surface area contributed by atoms with Crippen LogP contribution in [0.2, 0.25) is 0 Å². The van der Waals surface area contributed by atoms with E-state index in [1.807, 2.05) is 28.9 Å². The molecule has 1 aliphatic rings. The van der Waals surface area contributed by atoms with Crippen molar-refractivity contribution in [2.24, 2.45) is 0 Å². The molecule has 0 amide bonds. The normalized spacial score (nSPS) is 16.0. The molecular formula is C13H17N5S. The van der Waals surface area contributed by atoms with Gasteiger partial charge < -0.3 is 5.73 Å². The number of hydrogen-bond donors (Lipinski definition) is 1. The number of anilines is 1. The Morgan fingerprint density at radius 2 is 1.95 bits per heavy atom. The summed E-state index contributed by atoms with van der Waals surface area (Å²) in [6, 6.07) is 8.44. The van der Waals surface area contributed by atoms with Crippen LogP contribution in [0.4, 0.5) is 5.69 Å². The Hall–Kier alpha value is -1.56. The lowest BCUT2D eigenvalue weighted by atomic mass is 10.2. The topological polar surface area (TPSA) is 69.6 Å². The summed E-state index contributed by atoms with van der Waals surface area (Å²) < 4.78 is 2.00. The molecule has 0 spiro atoms. The van der Waals surface area contributed by atoms with Gasteiger partial charge in [-0.05, 0) is 41.0 Å². The molecule has 0 radical (unpaired) electrons. The Balaban J connectivity index is 1.66. The maximum atomic E-state index is 5.68. The molecule has 0 unspecified atom stereocenters. The van der Waals surface area contributed by atoms with Crippen LogP contribution in [-0.4, -0.2) is 20.2 Å². The quantitative estimate of drug-likeness (QED) is 0.686. The van der Waals surface area contributed by atoms with Crippen molar-refractivity contribution in [3.63, 3.8) is 0 Å². The van der Waals surface area contributed by atoms with Crippen LogP contribution in [0.3, 0.4) is 0 Å². The summed E-state index contributed by atoms with van der Waals surface area (Å²) in [5.74, 6) is 0.868. The van der Waals surface area contributed by atoms with Crippen molar-refractivity contribution in [3.8, 4) is 0 Å². The molecule has 0 saturated heterocycles. The Bertz CT molecular complexity index is 530. The van der Waals surface area contributed by atoms with Gasteiger partial charge in [0, 0.05) is 11.4 Å². The predicted octanol–water partition coefficient (Wildman–Crippen LogP) is 2.66. The van der Waals surface area contributed by atoms with Gasteiger partial charge >= 0.3 is 0 Å². The molecule has 2 N–H and O–H groups in total. The molecule has 0 aliphatic heterocycles. The maximum Gasteiger partial charge on any atom is 0.209 e. The fourth-order valence-electron chi connectivity index (χ4n) is 2.42. The van der Waals surface area contributed by atoms with Crippen LogP contribution in [0.5, 0.6) is 0 Å². The molecule has 0 bridgehead atoms. The van der Waals surface area contributed by atoms with Crippen molar-refractivity contribution in [1.29, 1.82) is 0 Å². The third-order valence-corrected chi connectivity index (χ3v) is 4.49. The Morgan fingerprint density at radius 1 is 1.21 bits per heavy atom. The van der Waals surface area contributed by atoms with E-state index in [4.69, 9.17) is 5.73 Å². The van der Waals surface area contributed by atoms with Crippen molar-refractivity contribution in [1.82, 2.24) is 20.2 Å². The second-order valence-electron chi connectivity index (χ2n) is 4.87. The fourth-order valence-corrected chi connectivity index (χ4v) is 3.32. The van der Waals surface area contributed by atoms with Gasteiger partial charge in [0.1, 0.15) is 0 Å². The largest absolute Gasteiger partial charge is 0.399 e. The first-order chi connectivity index (χ1) is 9.33. The van der Waals surface area contributed by atoms with Crippen molar-refractivity contribution in [2.45, 2.75) is 42.6 Å². The Morgan fingerprint density at radius 3 is 2.68 bits per heavy atom. The van der Waals surface area contributed by atoms with Gasteiger partial charge in [0.15, 0.2) is 0 Å². The van der Waals surface area contributed by atoms with Crippen LogP contribution in [0.15, 0.2) is 29.4 Å². The van der Waals surface area contributed by atoms with Crippen LogP contribution in [0, 0.1) is 0 Å². The van der Waals surface area contributed by atoms with E-state index in [1.165, 1.54) is 31.2 Å². The minimum absolute atomic E-state index is 0.490. The molecule has 19 heavy (non-hydrogen) atoms. The van der Waals surface area contributed by atoms with E-state index in [1.54, 1.807) is 11.8 Å². The molecule has 100 valence electrons. The second kappa shape index (κ2) is 5.61. The number of thioether (sulfide) groups is 1. The lowest BCUT2D eigenvalue weighted by Gasteiger charge is -2.10. The Kier molecular flexibility index (Phi) is 3.68. The minimum Gasteiger partial charge on any atom is -0.399 e. The van der Waals surface area contributed by atoms with Gasteiger partial charge in [-0.25, -0.2) is 4.68 Å². The van der Waals surface area contributed by atoms with Crippen LogP contribution >= 0.6 is 11.8 Å². The number of rotatable bonds is 4. The van der Waals surface area contributed by atoms with Crippen molar-refractivity contribution < 1.29 is 0 Å². The molecule has 1 aromatic carbocycles. The van der Waals surface area contributed by atoms with Gasteiger partial charge in [-0.2, -0.15) is 0 Å². The standard InChI is InChI=1S/C13H17N5S/c14-11-7-5-10(6-8-11)9-19-13-15-16-17-18(13)12-3-1-2-4-12/h5-8,12H,1-4,9,14H2. The molecule has 1 fully saturated rings. The lowest BCUT2D eigenvalue weighted by molar-refractivity contribution is 0.423. The predicted molar refractivity (Wildman–Crippen MR) is 75.7 cm³/mol. The summed E-state index contributed by atoms with van der Waals surface area (Å²) in [6.07, 6.45) is 4.96. The van der Waals surface area contributed by atoms with Gasteiger partial charge in [0.2, 0.25) is 5.16 Å². The monoisotopic (exact) mass is 275 g/mol. The molecule has 2 aromatic rings. The van der Waals surface area contributed by atoms with Gasteiger partial charge in [0.25, 0.3) is 0 Å². The van der Waals surface area contributed by atoms with Crippen LogP contribution in [0.1, 0.15) is 37.3 Å². The molecule has 3 rings (SSSR count). The number of aromatic nitrogens is 4. The first kappa shape index (κ1) is 12.5. The van der Waals surface area contributed by atoms with Gasteiger partial charge in [0.05, 0.1) is 6.04 Å². The highest BCUT2D eigenvalue weighted by molar-refractivity contribution is 7.98. The smallest absolute Gasteiger partial charge is 0.209 e. The first-order valence-corrected chi connectivity index (χ1v) is 7.56. The van der Waals surface area contributed by atoms with E-state index in [0.717, 1.165) is 16.6 Å². The summed E-state index contributed by atoms with van der Waals surface area (Å²) in [5, 5.41) is 13.0. The first-order valence-electron chi connectivity index (χ1n) is 6.58. The zero-order valence-corrected chi connectivity index (χ0v) is 11.5. The SMILES string of the molecule is Nc1ccc(CSc2nnnn2C2CCCC2)cc1. The van der Waals surface area contributed by atoms with Crippen molar-refractivity contribution in [3.05, 3.63) is 29.8 Å². The maximum absolute atomic E-state index is 5.68. The van der Waals surface area contributed by atoms with Gasteiger partial charge in [-0.1, -0.05) is 36.7 Å². The number of nitrogen functional groups attached to an aromatic ring is 1. The van der Waals surface area contributed by atoms with E-state index in [0.29, 0.717) is 6.04 Å². The average molecular weight is 275 g/mol. The molecule has 5 nitrogen and oxygen atoms in total. The molecule has 1 aromatic heterocycles. The molecule has 1 heterocycles. The lowest BCUT2D eigenvalue weighted by Crippen LogP contribution is -2.08. The summed E-state index contributed by atoms with van der Waals surface area (Å²) >= 11 is 1.69. The van der Waals surface area contributed by atoms with Crippen LogP contribution in [-0.2, 0) is 5.75 Å². The molecule has 6 heteroatoms. The summed E-state index contributed by atoms with van der Waals surface area (Å²) in [6.45, 7) is 0. The number of nitrogens with two attached hydrogens (primary N) is 1. The summed E-state index contributed by atoms with van der Waals surface area (Å²) in [5.41, 5.74) is 7.71. The number of tetrazole rings is 1. The van der Waals surface area contributed by atoms with Gasteiger partial charge in [-0.15, -0.1) is 5.10 Å². The molecule has 0 atom stereocenters. The van der Waals surface area contributed by atoms with Gasteiger partial charge in [-0.3, -0.25) is 0 Å². The second-order valence-corrected chi connectivity index (χ2v) is 5.82. The summed E-state index contributed by atoms with van der Waals surface area (Å²) in [7, 11) is 0. The van der Waals surface area contributed by atoms with E-state index >= 15 is 0 Å². The third-order valence-electron chi connectivity index (χ3n) is 3.48. The summed E-state index contributed by atoms with van der Waals surface area (Å²) in [4.78, 5) is 0. The Labute approximate surface area is 116 Å². The van der Waals surface area contributed by atoms with Crippen molar-refractivity contribution >= 4 is 17.4 Å². The zero-order chi connectivity index (χ0) is 13.1. The number of benzene rings is 1. The average Bonchev–Trinajstić information content (AvgIpc) is 3.08. The third kappa shape index (κ3) is 2.89. The van der Waals surface area contributed by atoms with E-state index in [9.17, 15) is 0 Å². The van der Waals surface area contributed by atoms with E-state index in [-0.39, 0.29) is 0 Å². The molecular weight excluding hydrogens is 258 g/mol. The number of hydrogen-bond acceptors (Lipinski definition) is 5. The van der Waals surface area contributed by atoms with E-state index in [2.05, 4.69) is 15.5 Å². The highest BCUT2D eigenvalue weighted by Gasteiger charge is 2.21. The van der Waals surface area contributed by atoms with Crippen LogP contribution < -0.4 is 5.73 Å². The van der Waals surface area contributed by atoms with Crippen molar-refractivity contribution in [2.75, 3.05) is 5.73 Å². The highest BCUT2D eigenvalue weighted by Crippen LogP contribution is 2.32. The zero-order valence-electron chi connectivity index (χ0n) is 10.7.